The Labute approximate surface area is 240 Å². The quantitative estimate of drug-likeness (QED) is 0.300. The van der Waals surface area contributed by atoms with Crippen LogP contribution < -0.4 is 4.90 Å². The second kappa shape index (κ2) is 13.1. The minimum absolute atomic E-state index is 0.0487. The maximum absolute atomic E-state index is 13.8. The topological polar surface area (TPSA) is 46.4 Å². The van der Waals surface area contributed by atoms with E-state index in [0.717, 1.165) is 55.3 Å². The lowest BCUT2D eigenvalue weighted by molar-refractivity contribution is -0.133. The third-order valence-corrected chi connectivity index (χ3v) is 8.03. The molecule has 0 amide bonds. The standard InChI is InChI=1S/C23H25Cl2F2N5.C4H8O.C2H6/c1-14-12-31(21(16-10-23(26,27)11-16)15-3-5-17(24)6-4-15)7-8-32(14)18-9-19(25)29-22-20(18)28-13-30(22)2;1-2-4-5-3-1;1-2/h3-6,9,13-14,16,21H,7-8,10-12H2,1-2H3;1-4H2;1-2H3. The van der Waals surface area contributed by atoms with Crippen LogP contribution in [0.2, 0.25) is 10.2 Å². The average Bonchev–Trinajstić information content (AvgIpc) is 3.60. The molecule has 214 valence electrons. The number of imidazole rings is 1. The van der Waals surface area contributed by atoms with Crippen LogP contribution in [-0.4, -0.2) is 64.2 Å². The van der Waals surface area contributed by atoms with Gasteiger partial charge in [0.15, 0.2) is 5.65 Å². The minimum atomic E-state index is -2.55. The van der Waals surface area contributed by atoms with Crippen LogP contribution in [0.4, 0.5) is 14.5 Å². The molecule has 3 aliphatic rings. The zero-order valence-corrected chi connectivity index (χ0v) is 24.7. The Kier molecular flexibility index (Phi) is 10.1. The van der Waals surface area contributed by atoms with Gasteiger partial charge in [-0.1, -0.05) is 49.2 Å². The number of alkyl halides is 2. The first-order valence-electron chi connectivity index (χ1n) is 13.9. The number of pyridine rings is 1. The molecule has 1 aromatic carbocycles. The Morgan fingerprint density at radius 3 is 2.28 bits per heavy atom. The van der Waals surface area contributed by atoms with Crippen molar-refractivity contribution < 1.29 is 13.5 Å². The molecule has 6 rings (SSSR count). The summed E-state index contributed by atoms with van der Waals surface area (Å²) in [7, 11) is 1.90. The lowest BCUT2D eigenvalue weighted by Gasteiger charge is -2.49. The molecule has 2 aliphatic heterocycles. The van der Waals surface area contributed by atoms with Gasteiger partial charge in [0.1, 0.15) is 10.7 Å². The molecule has 4 heterocycles. The molecule has 0 N–H and O–H groups in total. The molecule has 1 saturated carbocycles. The van der Waals surface area contributed by atoms with Gasteiger partial charge < -0.3 is 14.2 Å². The fourth-order valence-electron chi connectivity index (χ4n) is 5.75. The maximum atomic E-state index is 13.8. The van der Waals surface area contributed by atoms with E-state index >= 15 is 0 Å². The van der Waals surface area contributed by atoms with Crippen LogP contribution in [0.5, 0.6) is 0 Å². The van der Waals surface area contributed by atoms with Crippen LogP contribution in [-0.2, 0) is 11.8 Å². The fourth-order valence-corrected chi connectivity index (χ4v) is 6.06. The van der Waals surface area contributed by atoms with Crippen molar-refractivity contribution in [1.29, 1.82) is 0 Å². The van der Waals surface area contributed by atoms with Crippen LogP contribution in [0.3, 0.4) is 0 Å². The van der Waals surface area contributed by atoms with Crippen molar-refractivity contribution in [2.24, 2.45) is 13.0 Å². The molecule has 6 nitrogen and oxygen atoms in total. The minimum Gasteiger partial charge on any atom is -0.381 e. The molecule has 0 bridgehead atoms. The first-order chi connectivity index (χ1) is 18.7. The second-order valence-electron chi connectivity index (χ2n) is 10.4. The normalized spacial score (nSPS) is 21.9. The average molecular weight is 583 g/mol. The molecule has 1 aliphatic carbocycles. The highest BCUT2D eigenvalue weighted by Gasteiger charge is 2.50. The van der Waals surface area contributed by atoms with Gasteiger partial charge in [-0.3, -0.25) is 4.90 Å². The van der Waals surface area contributed by atoms with E-state index in [-0.39, 0.29) is 30.8 Å². The van der Waals surface area contributed by atoms with Crippen molar-refractivity contribution in [1.82, 2.24) is 19.4 Å². The van der Waals surface area contributed by atoms with Crippen molar-refractivity contribution in [3.8, 4) is 0 Å². The van der Waals surface area contributed by atoms with Gasteiger partial charge in [0.25, 0.3) is 0 Å². The van der Waals surface area contributed by atoms with Crippen LogP contribution in [0, 0.1) is 5.92 Å². The van der Waals surface area contributed by atoms with Crippen LogP contribution >= 0.6 is 23.2 Å². The maximum Gasteiger partial charge on any atom is 0.248 e. The van der Waals surface area contributed by atoms with Gasteiger partial charge in [-0.2, -0.15) is 0 Å². The number of aryl methyl sites for hydroxylation is 1. The third-order valence-electron chi connectivity index (χ3n) is 7.59. The zero-order valence-electron chi connectivity index (χ0n) is 23.2. The first kappa shape index (κ1) is 30.0. The highest BCUT2D eigenvalue weighted by atomic mass is 35.5. The van der Waals surface area contributed by atoms with E-state index in [9.17, 15) is 8.78 Å². The summed E-state index contributed by atoms with van der Waals surface area (Å²) in [5.74, 6) is -2.62. The third kappa shape index (κ3) is 7.02. The lowest BCUT2D eigenvalue weighted by Crippen LogP contribution is -2.55. The number of fused-ring (bicyclic) bond motifs is 1. The summed E-state index contributed by atoms with van der Waals surface area (Å²) in [4.78, 5) is 13.6. The van der Waals surface area contributed by atoms with Crippen molar-refractivity contribution in [2.75, 3.05) is 37.7 Å². The molecule has 2 aromatic heterocycles. The van der Waals surface area contributed by atoms with Crippen molar-refractivity contribution in [3.05, 3.63) is 52.4 Å². The summed E-state index contributed by atoms with van der Waals surface area (Å²) in [5.41, 5.74) is 3.59. The van der Waals surface area contributed by atoms with E-state index in [1.54, 1.807) is 6.33 Å². The van der Waals surface area contributed by atoms with E-state index in [1.807, 2.05) is 55.8 Å². The second-order valence-corrected chi connectivity index (χ2v) is 11.2. The first-order valence-corrected chi connectivity index (χ1v) is 14.7. The van der Waals surface area contributed by atoms with Crippen LogP contribution in [0.1, 0.15) is 58.1 Å². The molecule has 0 radical (unpaired) electrons. The van der Waals surface area contributed by atoms with E-state index in [0.29, 0.717) is 10.2 Å². The number of nitrogens with zero attached hydrogens (tertiary/aromatic N) is 5. The van der Waals surface area contributed by atoms with Crippen molar-refractivity contribution >= 4 is 40.1 Å². The Morgan fingerprint density at radius 1 is 1.05 bits per heavy atom. The molecule has 2 atom stereocenters. The van der Waals surface area contributed by atoms with E-state index in [4.69, 9.17) is 27.9 Å². The number of rotatable bonds is 4. The van der Waals surface area contributed by atoms with Gasteiger partial charge in [-0.05, 0) is 43.4 Å². The van der Waals surface area contributed by atoms with Gasteiger partial charge in [-0.25, -0.2) is 18.7 Å². The monoisotopic (exact) mass is 581 g/mol. The largest absolute Gasteiger partial charge is 0.381 e. The van der Waals surface area contributed by atoms with Crippen molar-refractivity contribution in [2.45, 2.75) is 64.5 Å². The van der Waals surface area contributed by atoms with E-state index in [1.165, 1.54) is 12.8 Å². The molecule has 2 saturated heterocycles. The van der Waals surface area contributed by atoms with Crippen LogP contribution in [0.15, 0.2) is 36.7 Å². The summed E-state index contributed by atoms with van der Waals surface area (Å²) >= 11 is 12.4. The summed E-state index contributed by atoms with van der Waals surface area (Å²) in [6.45, 7) is 10.4. The molecule has 2 unspecified atom stereocenters. The SMILES string of the molecule is C1CCOC1.CC.CC1CN(C(c2ccc(Cl)cc2)C2CC(F)(F)C2)CCN1c1cc(Cl)nc2c1ncn2C. The number of ether oxygens (including phenoxy) is 1. The smallest absolute Gasteiger partial charge is 0.248 e. The predicted molar refractivity (Wildman–Crippen MR) is 155 cm³/mol. The van der Waals surface area contributed by atoms with Crippen molar-refractivity contribution in [3.63, 3.8) is 0 Å². The molecule has 39 heavy (non-hydrogen) atoms. The summed E-state index contributed by atoms with van der Waals surface area (Å²) < 4.78 is 34.3. The molecule has 0 spiro atoms. The predicted octanol–water partition coefficient (Wildman–Crippen LogP) is 7.40. The van der Waals surface area contributed by atoms with Gasteiger partial charge in [0.05, 0.1) is 12.0 Å². The summed E-state index contributed by atoms with van der Waals surface area (Å²) in [5, 5.41) is 1.08. The Hall–Kier alpha value is -2.00. The number of aromatic nitrogens is 3. The molecular weight excluding hydrogens is 543 g/mol. The van der Waals surface area contributed by atoms with Gasteiger partial charge in [-0.15, -0.1) is 0 Å². The molecular formula is C29H39Cl2F2N5O. The number of anilines is 1. The number of halogens is 4. The van der Waals surface area contributed by atoms with E-state index < -0.39 is 5.92 Å². The number of hydrogen-bond acceptors (Lipinski definition) is 5. The molecule has 3 fully saturated rings. The Balaban J connectivity index is 0.000000447. The number of piperazine rings is 1. The summed E-state index contributed by atoms with van der Waals surface area (Å²) in [6, 6.07) is 9.61. The van der Waals surface area contributed by atoms with Gasteiger partial charge in [0, 0.05) is 75.9 Å². The Bertz CT molecular complexity index is 1200. The van der Waals surface area contributed by atoms with Crippen LogP contribution in [0.25, 0.3) is 11.2 Å². The number of benzene rings is 1. The van der Waals surface area contributed by atoms with Gasteiger partial charge >= 0.3 is 0 Å². The zero-order chi connectivity index (χ0) is 28.2. The lowest BCUT2D eigenvalue weighted by atomic mass is 9.73. The highest BCUT2D eigenvalue weighted by molar-refractivity contribution is 6.30. The fraction of sp³-hybridized carbons (Fsp3) is 0.586. The summed E-state index contributed by atoms with van der Waals surface area (Å²) in [6.07, 6.45) is 4.17. The van der Waals surface area contributed by atoms with Gasteiger partial charge in [0.2, 0.25) is 5.92 Å². The number of hydrogen-bond donors (Lipinski definition) is 0. The molecule has 10 heteroatoms. The Morgan fingerprint density at radius 2 is 1.72 bits per heavy atom. The highest BCUT2D eigenvalue weighted by Crippen LogP contribution is 2.50. The van der Waals surface area contributed by atoms with E-state index in [2.05, 4.69) is 26.7 Å². The molecule has 3 aromatic rings.